The maximum atomic E-state index is 12.2. The molecule has 2 aromatic heterocycles. The Morgan fingerprint density at radius 1 is 1.19 bits per heavy atom. The van der Waals surface area contributed by atoms with Crippen LogP contribution in [-0.4, -0.2) is 9.97 Å². The van der Waals surface area contributed by atoms with Gasteiger partial charge in [-0.05, 0) is 31.6 Å². The van der Waals surface area contributed by atoms with E-state index < -0.39 is 0 Å². The minimum Gasteiger partial charge on any atom is -0.312 e. The Hall–Kier alpha value is -2.38. The summed E-state index contributed by atoms with van der Waals surface area (Å²) in [4.78, 5) is 20.4. The Morgan fingerprint density at radius 2 is 1.96 bits per heavy atom. The second-order valence-corrected chi connectivity index (χ2v) is 9.53. The van der Waals surface area contributed by atoms with Gasteiger partial charge in [0.25, 0.3) is 5.56 Å². The van der Waals surface area contributed by atoms with Crippen LogP contribution >= 0.6 is 22.7 Å². The fourth-order valence-corrected chi connectivity index (χ4v) is 4.21. The molecule has 3 aromatic rings. The molecule has 2 heterocycles. The zero-order valence-electron chi connectivity index (χ0n) is 16.0. The van der Waals surface area contributed by atoms with Gasteiger partial charge in [-0.3, -0.25) is 4.79 Å². The average Bonchev–Trinajstić information content (AvgIpc) is 3.17. The highest BCUT2D eigenvalue weighted by Crippen LogP contribution is 2.26. The monoisotopic (exact) mass is 398 g/mol. The number of hydrogen-bond donors (Lipinski definition) is 1. The first-order valence-corrected chi connectivity index (χ1v) is 10.2. The highest BCUT2D eigenvalue weighted by molar-refractivity contribution is 7.13. The van der Waals surface area contributed by atoms with Gasteiger partial charge in [-0.15, -0.1) is 22.7 Å². The lowest BCUT2D eigenvalue weighted by Gasteiger charge is -2.13. The largest absolute Gasteiger partial charge is 0.312 e. The number of thiazole rings is 2. The van der Waals surface area contributed by atoms with E-state index in [0.717, 1.165) is 21.1 Å². The van der Waals surface area contributed by atoms with E-state index in [1.54, 1.807) is 17.5 Å². The van der Waals surface area contributed by atoms with E-state index in [4.69, 9.17) is 0 Å². The predicted octanol–water partition coefficient (Wildman–Crippen LogP) is 4.16. The SMILES string of the molecule is Cc1ccc(N=N/C=c2/[nH]c(=O)/c(=C/c3cnc(C(C)(C)C)s3)s2)c(C)c1. The number of hydrogen-bond acceptors (Lipinski definition) is 6. The molecule has 7 heteroatoms. The van der Waals surface area contributed by atoms with Crippen molar-refractivity contribution in [3.05, 3.63) is 65.0 Å². The molecule has 0 fully saturated rings. The van der Waals surface area contributed by atoms with E-state index in [-0.39, 0.29) is 11.0 Å². The summed E-state index contributed by atoms with van der Waals surface area (Å²) in [5, 5.41) is 9.40. The summed E-state index contributed by atoms with van der Waals surface area (Å²) in [6.07, 6.45) is 5.26. The van der Waals surface area contributed by atoms with Crippen LogP contribution in [0.3, 0.4) is 0 Å². The third-order valence-corrected chi connectivity index (χ3v) is 6.13. The van der Waals surface area contributed by atoms with Crippen LogP contribution in [0.15, 0.2) is 39.4 Å². The summed E-state index contributed by atoms with van der Waals surface area (Å²) in [7, 11) is 0. The van der Waals surface area contributed by atoms with Crippen molar-refractivity contribution in [1.29, 1.82) is 0 Å². The van der Waals surface area contributed by atoms with Crippen LogP contribution in [0, 0.1) is 13.8 Å². The first kappa shape index (κ1) is 19.4. The van der Waals surface area contributed by atoms with Crippen LogP contribution in [0.5, 0.6) is 0 Å². The highest BCUT2D eigenvalue weighted by atomic mass is 32.1. The van der Waals surface area contributed by atoms with Gasteiger partial charge in [0, 0.05) is 16.5 Å². The molecule has 0 saturated heterocycles. The molecule has 0 amide bonds. The molecule has 0 radical (unpaired) electrons. The summed E-state index contributed by atoms with van der Waals surface area (Å²) in [5.74, 6) is 0. The molecule has 1 N–H and O–H groups in total. The number of aromatic nitrogens is 2. The molecule has 140 valence electrons. The van der Waals surface area contributed by atoms with Crippen molar-refractivity contribution in [3.8, 4) is 0 Å². The molecular formula is C20H22N4OS2. The Morgan fingerprint density at radius 3 is 2.63 bits per heavy atom. The zero-order valence-corrected chi connectivity index (χ0v) is 17.7. The van der Waals surface area contributed by atoms with Crippen LogP contribution in [-0.2, 0) is 5.41 Å². The van der Waals surface area contributed by atoms with E-state index in [9.17, 15) is 4.79 Å². The van der Waals surface area contributed by atoms with E-state index in [2.05, 4.69) is 47.0 Å². The van der Waals surface area contributed by atoms with Gasteiger partial charge < -0.3 is 4.98 Å². The maximum Gasteiger partial charge on any atom is 0.266 e. The number of rotatable bonds is 3. The Balaban J connectivity index is 1.87. The first-order valence-electron chi connectivity index (χ1n) is 8.58. The Kier molecular flexibility index (Phi) is 5.53. The van der Waals surface area contributed by atoms with Crippen LogP contribution < -0.4 is 14.8 Å². The van der Waals surface area contributed by atoms with Crippen LogP contribution in [0.25, 0.3) is 12.3 Å². The second-order valence-electron chi connectivity index (χ2n) is 7.38. The maximum absolute atomic E-state index is 12.2. The molecule has 0 unspecified atom stereocenters. The quantitative estimate of drug-likeness (QED) is 0.673. The van der Waals surface area contributed by atoms with Gasteiger partial charge in [-0.25, -0.2) is 4.98 Å². The molecule has 0 aliphatic carbocycles. The minimum absolute atomic E-state index is 0.00601. The lowest BCUT2D eigenvalue weighted by Crippen LogP contribution is -2.19. The molecule has 27 heavy (non-hydrogen) atoms. The lowest BCUT2D eigenvalue weighted by molar-refractivity contribution is 0.585. The van der Waals surface area contributed by atoms with Crippen LogP contribution in [0.1, 0.15) is 41.8 Å². The van der Waals surface area contributed by atoms with Crippen molar-refractivity contribution in [2.24, 2.45) is 10.2 Å². The number of nitrogens with zero attached hydrogens (tertiary/aromatic N) is 3. The third-order valence-electron chi connectivity index (χ3n) is 3.81. The molecular weight excluding hydrogens is 376 g/mol. The van der Waals surface area contributed by atoms with Gasteiger partial charge in [-0.2, -0.15) is 10.2 Å². The second kappa shape index (κ2) is 7.70. The molecule has 0 bridgehead atoms. The molecule has 0 spiro atoms. The topological polar surface area (TPSA) is 70.5 Å². The van der Waals surface area contributed by atoms with Crippen LogP contribution in [0.4, 0.5) is 5.69 Å². The van der Waals surface area contributed by atoms with Crippen molar-refractivity contribution in [2.45, 2.75) is 40.0 Å². The smallest absolute Gasteiger partial charge is 0.266 e. The normalized spacial score (nSPS) is 13.8. The van der Waals surface area contributed by atoms with E-state index in [1.165, 1.54) is 16.9 Å². The molecule has 3 rings (SSSR count). The van der Waals surface area contributed by atoms with Crippen molar-refractivity contribution in [2.75, 3.05) is 0 Å². The Labute approximate surface area is 165 Å². The van der Waals surface area contributed by atoms with E-state index in [1.807, 2.05) is 38.3 Å². The van der Waals surface area contributed by atoms with Crippen LogP contribution in [0.2, 0.25) is 0 Å². The summed E-state index contributed by atoms with van der Waals surface area (Å²) >= 11 is 2.96. The van der Waals surface area contributed by atoms with Gasteiger partial charge in [0.1, 0.15) is 4.66 Å². The Bertz CT molecular complexity index is 1160. The zero-order chi connectivity index (χ0) is 19.6. The number of azo groups is 1. The molecule has 0 aliphatic rings. The fraction of sp³-hybridized carbons (Fsp3) is 0.300. The lowest BCUT2D eigenvalue weighted by atomic mass is 9.98. The summed E-state index contributed by atoms with van der Waals surface area (Å²) in [6, 6.07) is 6.01. The van der Waals surface area contributed by atoms with E-state index in [0.29, 0.717) is 9.20 Å². The fourth-order valence-electron chi connectivity index (χ4n) is 2.41. The number of benzene rings is 1. The predicted molar refractivity (Wildman–Crippen MR) is 113 cm³/mol. The van der Waals surface area contributed by atoms with Crippen molar-refractivity contribution < 1.29 is 0 Å². The molecule has 0 saturated carbocycles. The van der Waals surface area contributed by atoms with Gasteiger partial charge in [-0.1, -0.05) is 38.5 Å². The number of aryl methyl sites for hydroxylation is 2. The molecule has 5 nitrogen and oxygen atoms in total. The number of nitrogens with one attached hydrogen (secondary N) is 1. The molecule has 1 aromatic carbocycles. The minimum atomic E-state index is -0.126. The van der Waals surface area contributed by atoms with Crippen molar-refractivity contribution in [1.82, 2.24) is 9.97 Å². The van der Waals surface area contributed by atoms with Crippen molar-refractivity contribution >= 4 is 40.6 Å². The summed E-state index contributed by atoms with van der Waals surface area (Å²) in [6.45, 7) is 10.4. The van der Waals surface area contributed by atoms with Gasteiger partial charge in [0.05, 0.1) is 21.4 Å². The summed E-state index contributed by atoms with van der Waals surface area (Å²) < 4.78 is 1.30. The van der Waals surface area contributed by atoms with Gasteiger partial charge in [0.15, 0.2) is 0 Å². The van der Waals surface area contributed by atoms with Gasteiger partial charge in [0.2, 0.25) is 0 Å². The third kappa shape index (κ3) is 4.87. The van der Waals surface area contributed by atoms with Crippen molar-refractivity contribution in [3.63, 3.8) is 0 Å². The number of aromatic amines is 1. The molecule has 0 atom stereocenters. The summed E-state index contributed by atoms with van der Waals surface area (Å²) in [5.41, 5.74) is 2.96. The first-order chi connectivity index (χ1) is 12.7. The van der Waals surface area contributed by atoms with Gasteiger partial charge >= 0.3 is 0 Å². The number of H-pyrrole nitrogens is 1. The molecule has 0 aliphatic heterocycles. The standard InChI is InChI=1S/C20H22N4OS2/c1-12-6-7-15(13(2)8-12)24-22-11-17-23-18(25)16(27-17)9-14-10-21-19(26-14)20(3,4)5/h6-11H,1-5H3,(H,23,25)/b16-9-,17-11-,24-22?. The average molecular weight is 399 g/mol. The van der Waals surface area contributed by atoms with E-state index >= 15 is 0 Å². The highest BCUT2D eigenvalue weighted by Gasteiger charge is 2.17.